The number of nitrogens with one attached hydrogen (secondary N) is 1. The first-order valence-corrected chi connectivity index (χ1v) is 5.55. The third-order valence-corrected chi connectivity index (χ3v) is 2.92. The van der Waals surface area contributed by atoms with Gasteiger partial charge in [0, 0.05) is 5.69 Å². The molecule has 18 heavy (non-hydrogen) atoms. The van der Waals surface area contributed by atoms with Crippen molar-refractivity contribution in [1.29, 1.82) is 0 Å². The Balaban J connectivity index is 2.08. The maximum Gasteiger partial charge on any atom is 0.311 e. The van der Waals surface area contributed by atoms with Crippen LogP contribution in [0.15, 0.2) is 24.3 Å². The monoisotopic (exact) mass is 250 g/mol. The lowest BCUT2D eigenvalue weighted by atomic mass is 10.0. The Hall–Kier alpha value is -2.08. The molecule has 1 amide bonds. The Kier molecular flexibility index (Phi) is 3.47. The van der Waals surface area contributed by atoms with Gasteiger partial charge in [0.15, 0.2) is 0 Å². The second kappa shape index (κ2) is 5.05. The van der Waals surface area contributed by atoms with Crippen molar-refractivity contribution in [3.05, 3.63) is 29.8 Å². The molecule has 1 saturated heterocycles. The van der Waals surface area contributed by atoms with E-state index >= 15 is 0 Å². The van der Waals surface area contributed by atoms with Crippen LogP contribution in [0.5, 0.6) is 0 Å². The first kappa shape index (κ1) is 12.4. The molecule has 2 atom stereocenters. The molecule has 1 aromatic rings. The van der Waals surface area contributed by atoms with Gasteiger partial charge in [0.2, 0.25) is 0 Å². The lowest BCUT2D eigenvalue weighted by Crippen LogP contribution is -2.42. The van der Waals surface area contributed by atoms with E-state index in [0.717, 1.165) is 0 Å². The smallest absolute Gasteiger partial charge is 0.311 e. The first-order valence-electron chi connectivity index (χ1n) is 5.55. The summed E-state index contributed by atoms with van der Waals surface area (Å²) >= 11 is 0. The standard InChI is InChI=1S/C12H14N2O4/c13-9-4-2-1-3-7(9)11(15)14-10-6-18-5-8(10)12(16)17/h1-4,8,10H,5-6,13H2,(H,14,15)(H,16,17). The molecule has 6 nitrogen and oxygen atoms in total. The Bertz CT molecular complexity index is 475. The van der Waals surface area contributed by atoms with Crippen molar-refractivity contribution in [2.24, 2.45) is 5.92 Å². The van der Waals surface area contributed by atoms with E-state index in [1.54, 1.807) is 24.3 Å². The van der Waals surface area contributed by atoms with Crippen LogP contribution >= 0.6 is 0 Å². The van der Waals surface area contributed by atoms with Gasteiger partial charge in [-0.2, -0.15) is 0 Å². The average molecular weight is 250 g/mol. The third-order valence-electron chi connectivity index (χ3n) is 2.92. The van der Waals surface area contributed by atoms with Gasteiger partial charge in [0.1, 0.15) is 5.92 Å². The van der Waals surface area contributed by atoms with Crippen LogP contribution in [0.3, 0.4) is 0 Å². The molecule has 0 aromatic heterocycles. The van der Waals surface area contributed by atoms with Gasteiger partial charge in [-0.1, -0.05) is 12.1 Å². The van der Waals surface area contributed by atoms with E-state index in [0.29, 0.717) is 11.3 Å². The maximum absolute atomic E-state index is 12.0. The zero-order valence-corrected chi connectivity index (χ0v) is 9.63. The minimum Gasteiger partial charge on any atom is -0.481 e. The van der Waals surface area contributed by atoms with Crippen molar-refractivity contribution in [1.82, 2.24) is 5.32 Å². The number of hydrogen-bond donors (Lipinski definition) is 3. The highest BCUT2D eigenvalue weighted by molar-refractivity contribution is 5.99. The number of anilines is 1. The third kappa shape index (κ3) is 2.43. The highest BCUT2D eigenvalue weighted by atomic mass is 16.5. The number of carboxylic acids is 1. The summed E-state index contributed by atoms with van der Waals surface area (Å²) in [7, 11) is 0. The molecule has 1 heterocycles. The van der Waals surface area contributed by atoms with Crippen molar-refractivity contribution in [2.75, 3.05) is 18.9 Å². The summed E-state index contributed by atoms with van der Waals surface area (Å²) in [6, 6.07) is 6.12. The number of nitrogen functional groups attached to an aromatic ring is 1. The van der Waals surface area contributed by atoms with E-state index in [1.807, 2.05) is 0 Å². The normalized spacial score (nSPS) is 22.7. The lowest BCUT2D eigenvalue weighted by Gasteiger charge is -2.16. The molecule has 2 unspecified atom stereocenters. The van der Waals surface area contributed by atoms with Crippen LogP contribution in [0, 0.1) is 5.92 Å². The summed E-state index contributed by atoms with van der Waals surface area (Å²) in [5.74, 6) is -2.06. The number of ether oxygens (including phenoxy) is 1. The average Bonchev–Trinajstić information content (AvgIpc) is 2.77. The number of para-hydroxylation sites is 1. The fourth-order valence-corrected chi connectivity index (χ4v) is 1.89. The number of aliphatic carboxylic acids is 1. The van der Waals surface area contributed by atoms with Crippen molar-refractivity contribution < 1.29 is 19.4 Å². The maximum atomic E-state index is 12.0. The Labute approximate surface area is 104 Å². The summed E-state index contributed by atoms with van der Waals surface area (Å²) in [4.78, 5) is 22.9. The number of benzene rings is 1. The zero-order valence-electron chi connectivity index (χ0n) is 9.63. The number of carbonyl (C=O) groups excluding carboxylic acids is 1. The molecule has 0 bridgehead atoms. The number of nitrogens with two attached hydrogens (primary N) is 1. The summed E-state index contributed by atoms with van der Waals surface area (Å²) in [5.41, 5.74) is 6.38. The molecule has 1 fully saturated rings. The zero-order chi connectivity index (χ0) is 13.1. The Morgan fingerprint density at radius 2 is 2.06 bits per heavy atom. The molecule has 4 N–H and O–H groups in total. The second-order valence-corrected chi connectivity index (χ2v) is 4.15. The van der Waals surface area contributed by atoms with Crippen LogP contribution in [0.2, 0.25) is 0 Å². The first-order chi connectivity index (χ1) is 8.59. The van der Waals surface area contributed by atoms with Crippen LogP contribution in [0.4, 0.5) is 5.69 Å². The van der Waals surface area contributed by atoms with Gasteiger partial charge in [0.25, 0.3) is 5.91 Å². The van der Waals surface area contributed by atoms with Gasteiger partial charge < -0.3 is 20.9 Å². The van der Waals surface area contributed by atoms with Gasteiger partial charge in [-0.15, -0.1) is 0 Å². The number of carboxylic acid groups (broad SMARTS) is 1. The molecular formula is C12H14N2O4. The second-order valence-electron chi connectivity index (χ2n) is 4.15. The van der Waals surface area contributed by atoms with Gasteiger partial charge in [0.05, 0.1) is 24.8 Å². The van der Waals surface area contributed by atoms with Crippen molar-refractivity contribution in [3.8, 4) is 0 Å². The summed E-state index contributed by atoms with van der Waals surface area (Å²) < 4.78 is 5.07. The lowest BCUT2D eigenvalue weighted by molar-refractivity contribution is -0.142. The SMILES string of the molecule is Nc1ccccc1C(=O)NC1COCC1C(=O)O. The molecule has 1 aromatic carbocycles. The van der Waals surface area contributed by atoms with E-state index in [9.17, 15) is 9.59 Å². The summed E-state index contributed by atoms with van der Waals surface area (Å²) in [6.45, 7) is 0.319. The fourth-order valence-electron chi connectivity index (χ4n) is 1.89. The van der Waals surface area contributed by atoms with E-state index in [4.69, 9.17) is 15.6 Å². The van der Waals surface area contributed by atoms with Crippen LogP contribution in [0.25, 0.3) is 0 Å². The van der Waals surface area contributed by atoms with Crippen molar-refractivity contribution >= 4 is 17.6 Å². The van der Waals surface area contributed by atoms with Gasteiger partial charge >= 0.3 is 5.97 Å². The predicted octanol–water partition coefficient (Wildman–Crippen LogP) is 0.0982. The largest absolute Gasteiger partial charge is 0.481 e. The fraction of sp³-hybridized carbons (Fsp3) is 0.333. The van der Waals surface area contributed by atoms with E-state index < -0.39 is 17.9 Å². The van der Waals surface area contributed by atoms with Crippen molar-refractivity contribution in [3.63, 3.8) is 0 Å². The Morgan fingerprint density at radius 3 is 2.72 bits per heavy atom. The van der Waals surface area contributed by atoms with Gasteiger partial charge in [-0.3, -0.25) is 9.59 Å². The predicted molar refractivity (Wildman–Crippen MR) is 64.1 cm³/mol. The molecule has 0 radical (unpaired) electrons. The minimum atomic E-state index is -0.973. The van der Waals surface area contributed by atoms with Crippen molar-refractivity contribution in [2.45, 2.75) is 6.04 Å². The molecule has 6 heteroatoms. The van der Waals surface area contributed by atoms with Gasteiger partial charge in [-0.25, -0.2) is 0 Å². The molecule has 0 aliphatic carbocycles. The molecule has 2 rings (SSSR count). The van der Waals surface area contributed by atoms with Crippen LogP contribution in [-0.2, 0) is 9.53 Å². The molecule has 1 aliphatic rings. The number of hydrogen-bond acceptors (Lipinski definition) is 4. The molecule has 1 aliphatic heterocycles. The van der Waals surface area contributed by atoms with E-state index in [1.165, 1.54) is 0 Å². The van der Waals surface area contributed by atoms with E-state index in [-0.39, 0.29) is 19.1 Å². The van der Waals surface area contributed by atoms with Crippen LogP contribution < -0.4 is 11.1 Å². The molecule has 0 saturated carbocycles. The highest BCUT2D eigenvalue weighted by Crippen LogP contribution is 2.16. The van der Waals surface area contributed by atoms with E-state index in [2.05, 4.69) is 5.32 Å². The number of amides is 1. The number of carbonyl (C=O) groups is 2. The molecular weight excluding hydrogens is 236 g/mol. The summed E-state index contributed by atoms with van der Waals surface area (Å²) in [6.07, 6.45) is 0. The topological polar surface area (TPSA) is 102 Å². The van der Waals surface area contributed by atoms with Gasteiger partial charge in [-0.05, 0) is 12.1 Å². The number of rotatable bonds is 3. The summed E-state index contributed by atoms with van der Waals surface area (Å²) in [5, 5.41) is 11.6. The van der Waals surface area contributed by atoms with Crippen LogP contribution in [-0.4, -0.2) is 36.2 Å². The Morgan fingerprint density at radius 1 is 1.33 bits per heavy atom. The van der Waals surface area contributed by atoms with Crippen LogP contribution in [0.1, 0.15) is 10.4 Å². The molecule has 0 spiro atoms. The quantitative estimate of drug-likeness (QED) is 0.660. The molecule has 96 valence electrons. The minimum absolute atomic E-state index is 0.116. The highest BCUT2D eigenvalue weighted by Gasteiger charge is 2.35.